The SMILES string of the molecule is CCOC(=O)C1=C(C)N=c2s/c(=C\c3c(C)n(Cc4ccc(F)cc4)c4ccccc34)c(=O)n2[C@@H]1c1cc(OC)ccc1OC. The van der Waals surface area contributed by atoms with Gasteiger partial charge in [0.25, 0.3) is 5.56 Å². The minimum absolute atomic E-state index is 0.170. The molecule has 6 rings (SSSR count). The molecule has 0 amide bonds. The minimum atomic E-state index is -0.853. The molecule has 0 aliphatic carbocycles. The van der Waals surface area contributed by atoms with Crippen LogP contribution in [-0.2, 0) is 16.1 Å². The van der Waals surface area contributed by atoms with Crippen LogP contribution in [0.5, 0.6) is 11.5 Å². The lowest BCUT2D eigenvalue weighted by molar-refractivity contribution is -0.139. The predicted octanol–water partition coefficient (Wildman–Crippen LogP) is 5.27. The highest BCUT2D eigenvalue weighted by molar-refractivity contribution is 7.07. The number of esters is 1. The summed E-state index contributed by atoms with van der Waals surface area (Å²) < 4.78 is 34.4. The second-order valence-electron chi connectivity index (χ2n) is 10.6. The summed E-state index contributed by atoms with van der Waals surface area (Å²) in [5, 5.41) is 0.984. The molecule has 1 atom stereocenters. The van der Waals surface area contributed by atoms with E-state index in [1.165, 1.54) is 23.5 Å². The molecule has 0 saturated heterocycles. The van der Waals surface area contributed by atoms with Gasteiger partial charge in [-0.25, -0.2) is 14.2 Å². The summed E-state index contributed by atoms with van der Waals surface area (Å²) in [7, 11) is 3.10. The van der Waals surface area contributed by atoms with Crippen LogP contribution in [0.2, 0.25) is 0 Å². The van der Waals surface area contributed by atoms with Gasteiger partial charge in [0.05, 0.1) is 36.6 Å². The molecule has 1 aliphatic heterocycles. The van der Waals surface area contributed by atoms with E-state index in [2.05, 4.69) is 4.57 Å². The first-order valence-corrected chi connectivity index (χ1v) is 15.3. The highest BCUT2D eigenvalue weighted by Crippen LogP contribution is 2.38. The fraction of sp³-hybridized carbons (Fsp3) is 0.229. The van der Waals surface area contributed by atoms with Crippen molar-refractivity contribution in [1.29, 1.82) is 0 Å². The Morgan fingerprint density at radius 3 is 2.51 bits per heavy atom. The van der Waals surface area contributed by atoms with Crippen LogP contribution in [-0.4, -0.2) is 35.9 Å². The summed E-state index contributed by atoms with van der Waals surface area (Å²) in [5.74, 6) is 0.208. The third-order valence-electron chi connectivity index (χ3n) is 8.06. The molecule has 2 aromatic heterocycles. The number of allylic oxidation sites excluding steroid dienone is 1. The number of halogens is 1. The van der Waals surface area contributed by atoms with Gasteiger partial charge in [0, 0.05) is 34.3 Å². The Kier molecular flexibility index (Phi) is 8.16. The summed E-state index contributed by atoms with van der Waals surface area (Å²) >= 11 is 1.26. The summed E-state index contributed by atoms with van der Waals surface area (Å²) in [6.45, 7) is 6.21. The molecule has 5 aromatic rings. The van der Waals surface area contributed by atoms with Gasteiger partial charge in [-0.1, -0.05) is 41.7 Å². The maximum Gasteiger partial charge on any atom is 0.338 e. The quantitative estimate of drug-likeness (QED) is 0.220. The fourth-order valence-corrected chi connectivity index (χ4v) is 6.91. The number of carbonyl (C=O) groups is 1. The first kappa shape index (κ1) is 30.1. The number of rotatable bonds is 8. The number of aromatic nitrogens is 2. The van der Waals surface area contributed by atoms with Gasteiger partial charge in [0.15, 0.2) is 4.80 Å². The number of benzene rings is 3. The molecule has 230 valence electrons. The third kappa shape index (κ3) is 5.35. The van der Waals surface area contributed by atoms with Crippen molar-refractivity contribution < 1.29 is 23.4 Å². The molecule has 0 fully saturated rings. The van der Waals surface area contributed by atoms with Crippen LogP contribution in [0.4, 0.5) is 4.39 Å². The van der Waals surface area contributed by atoms with E-state index in [-0.39, 0.29) is 23.6 Å². The molecule has 3 heterocycles. The van der Waals surface area contributed by atoms with Gasteiger partial charge in [-0.15, -0.1) is 0 Å². The average molecular weight is 626 g/mol. The van der Waals surface area contributed by atoms with Gasteiger partial charge < -0.3 is 18.8 Å². The number of hydrogen-bond donors (Lipinski definition) is 0. The van der Waals surface area contributed by atoms with Gasteiger partial charge in [-0.3, -0.25) is 9.36 Å². The van der Waals surface area contributed by atoms with E-state index in [1.807, 2.05) is 37.3 Å². The molecule has 3 aromatic carbocycles. The van der Waals surface area contributed by atoms with E-state index < -0.39 is 12.0 Å². The maximum atomic E-state index is 14.4. The lowest BCUT2D eigenvalue weighted by Crippen LogP contribution is -2.40. The van der Waals surface area contributed by atoms with E-state index >= 15 is 0 Å². The Balaban J connectivity index is 1.57. The van der Waals surface area contributed by atoms with Gasteiger partial charge in [-0.2, -0.15) is 0 Å². The number of para-hydroxylation sites is 1. The van der Waals surface area contributed by atoms with E-state index in [9.17, 15) is 14.0 Å². The standard InChI is InChI=1S/C35H32FN3O5S/c1-6-44-34(41)31-20(2)37-35-39(32(31)27-17-24(42-4)15-16-29(27)43-5)33(40)30(45-35)18-26-21(3)38(28-10-8-7-9-25(26)28)19-22-11-13-23(36)14-12-22/h7-18,32H,6,19H2,1-5H3/b30-18-/t32-/m1/s1. The Labute approximate surface area is 262 Å². The molecule has 0 saturated carbocycles. The number of carbonyl (C=O) groups excluding carboxylic acids is 1. The molecule has 0 unspecified atom stereocenters. The van der Waals surface area contributed by atoms with Crippen molar-refractivity contribution in [2.75, 3.05) is 20.8 Å². The molecule has 1 aliphatic rings. The lowest BCUT2D eigenvalue weighted by atomic mass is 9.94. The molecular formula is C35H32FN3O5S. The first-order valence-electron chi connectivity index (χ1n) is 14.5. The number of nitrogens with zero attached hydrogens (tertiary/aromatic N) is 3. The van der Waals surface area contributed by atoms with Crippen molar-refractivity contribution in [3.8, 4) is 11.5 Å². The Bertz CT molecular complexity index is 2160. The molecule has 10 heteroatoms. The Morgan fingerprint density at radius 1 is 1.04 bits per heavy atom. The van der Waals surface area contributed by atoms with Crippen molar-refractivity contribution in [1.82, 2.24) is 9.13 Å². The third-order valence-corrected chi connectivity index (χ3v) is 9.04. The number of thiazole rings is 1. The molecule has 8 nitrogen and oxygen atoms in total. The van der Waals surface area contributed by atoms with E-state index in [0.717, 1.165) is 27.7 Å². The largest absolute Gasteiger partial charge is 0.497 e. The summed E-state index contributed by atoms with van der Waals surface area (Å²) in [4.78, 5) is 32.9. The topological polar surface area (TPSA) is 84.1 Å². The van der Waals surface area contributed by atoms with Crippen LogP contribution in [0.25, 0.3) is 17.0 Å². The van der Waals surface area contributed by atoms with E-state index in [4.69, 9.17) is 19.2 Å². The monoisotopic (exact) mass is 625 g/mol. The maximum absolute atomic E-state index is 14.4. The lowest BCUT2D eigenvalue weighted by Gasteiger charge is -2.26. The van der Waals surface area contributed by atoms with Gasteiger partial charge in [-0.05, 0) is 68.8 Å². The summed E-state index contributed by atoms with van der Waals surface area (Å²) in [5.41, 5.74) is 4.82. The van der Waals surface area contributed by atoms with Crippen molar-refractivity contribution in [2.24, 2.45) is 4.99 Å². The molecule has 0 N–H and O–H groups in total. The minimum Gasteiger partial charge on any atom is -0.497 e. The van der Waals surface area contributed by atoms with Crippen molar-refractivity contribution in [2.45, 2.75) is 33.4 Å². The van der Waals surface area contributed by atoms with Crippen LogP contribution in [0.1, 0.15) is 42.3 Å². The highest BCUT2D eigenvalue weighted by Gasteiger charge is 2.35. The predicted molar refractivity (Wildman–Crippen MR) is 172 cm³/mol. The zero-order valence-corrected chi connectivity index (χ0v) is 26.4. The fourth-order valence-electron chi connectivity index (χ4n) is 5.89. The number of methoxy groups -OCH3 is 2. The molecule has 0 spiro atoms. The van der Waals surface area contributed by atoms with Gasteiger partial charge >= 0.3 is 5.97 Å². The smallest absolute Gasteiger partial charge is 0.338 e. The summed E-state index contributed by atoms with van der Waals surface area (Å²) in [6.07, 6.45) is 1.89. The van der Waals surface area contributed by atoms with Crippen LogP contribution in [0, 0.1) is 12.7 Å². The van der Waals surface area contributed by atoms with Crippen LogP contribution in [0.15, 0.2) is 87.8 Å². The number of ether oxygens (including phenoxy) is 3. The second-order valence-corrected chi connectivity index (χ2v) is 11.6. The summed E-state index contributed by atoms with van der Waals surface area (Å²) in [6, 6.07) is 18.9. The molecular weight excluding hydrogens is 593 g/mol. The molecule has 0 bridgehead atoms. The van der Waals surface area contributed by atoms with Crippen LogP contribution >= 0.6 is 11.3 Å². The van der Waals surface area contributed by atoms with Crippen LogP contribution in [0.3, 0.4) is 0 Å². The number of hydrogen-bond acceptors (Lipinski definition) is 7. The second kappa shape index (κ2) is 12.2. The van der Waals surface area contributed by atoms with Crippen molar-refractivity contribution in [3.63, 3.8) is 0 Å². The van der Waals surface area contributed by atoms with Gasteiger partial charge in [0.1, 0.15) is 23.4 Å². The highest BCUT2D eigenvalue weighted by atomic mass is 32.1. The van der Waals surface area contributed by atoms with E-state index in [0.29, 0.717) is 38.6 Å². The van der Waals surface area contributed by atoms with Gasteiger partial charge in [0.2, 0.25) is 0 Å². The van der Waals surface area contributed by atoms with E-state index in [1.54, 1.807) is 63.0 Å². The number of fused-ring (bicyclic) bond motifs is 2. The first-order chi connectivity index (χ1) is 21.7. The Morgan fingerprint density at radius 2 is 1.80 bits per heavy atom. The van der Waals surface area contributed by atoms with Crippen molar-refractivity contribution >= 4 is 34.3 Å². The normalized spacial score (nSPS) is 14.8. The zero-order chi connectivity index (χ0) is 31.8. The van der Waals surface area contributed by atoms with Crippen molar-refractivity contribution in [3.05, 3.63) is 126 Å². The zero-order valence-electron chi connectivity index (χ0n) is 25.6. The van der Waals surface area contributed by atoms with Crippen LogP contribution < -0.4 is 24.4 Å². The molecule has 45 heavy (non-hydrogen) atoms. The average Bonchev–Trinajstić information content (AvgIpc) is 3.49. The Hall–Kier alpha value is -4.96. The molecule has 0 radical (unpaired) electrons.